The lowest BCUT2D eigenvalue weighted by molar-refractivity contribution is 0.120. The van der Waals surface area contributed by atoms with Crippen LogP contribution in [0.25, 0.3) is 0 Å². The Labute approximate surface area is 122 Å². The number of ether oxygens (including phenoxy) is 1. The van der Waals surface area contributed by atoms with Gasteiger partial charge in [0, 0.05) is 12.5 Å². The third-order valence-corrected chi connectivity index (χ3v) is 4.72. The zero-order chi connectivity index (χ0) is 13.9. The molecule has 3 rings (SSSR count). The number of piperidine rings is 1. The molecule has 0 saturated carbocycles. The second-order valence-electron chi connectivity index (χ2n) is 6.10. The van der Waals surface area contributed by atoms with Gasteiger partial charge in [0.25, 0.3) is 0 Å². The van der Waals surface area contributed by atoms with Crippen molar-refractivity contribution in [2.75, 3.05) is 33.3 Å². The number of likely N-dealkylation sites (tertiary alicyclic amines) is 1. The van der Waals surface area contributed by atoms with Crippen molar-refractivity contribution in [3.05, 3.63) is 29.3 Å². The van der Waals surface area contributed by atoms with Crippen LogP contribution < -0.4 is 10.1 Å². The molecule has 0 spiro atoms. The maximum atomic E-state index is 5.63. The minimum Gasteiger partial charge on any atom is -0.493 e. The number of hydrogen-bond donors (Lipinski definition) is 1. The van der Waals surface area contributed by atoms with E-state index in [-0.39, 0.29) is 0 Å². The summed E-state index contributed by atoms with van der Waals surface area (Å²) in [6.45, 7) is 6.43. The van der Waals surface area contributed by atoms with Gasteiger partial charge >= 0.3 is 0 Å². The van der Waals surface area contributed by atoms with E-state index in [1.165, 1.54) is 30.5 Å². The average molecular weight is 274 g/mol. The van der Waals surface area contributed by atoms with Gasteiger partial charge in [0.1, 0.15) is 5.75 Å². The lowest BCUT2D eigenvalue weighted by Crippen LogP contribution is -2.40. The molecule has 2 heterocycles. The summed E-state index contributed by atoms with van der Waals surface area (Å²) in [5.74, 6) is 1.81. The van der Waals surface area contributed by atoms with Crippen molar-refractivity contribution >= 4 is 0 Å². The Hall–Kier alpha value is -1.06. The van der Waals surface area contributed by atoms with E-state index >= 15 is 0 Å². The lowest BCUT2D eigenvalue weighted by Gasteiger charge is -2.40. The van der Waals surface area contributed by atoms with Crippen LogP contribution in [0.3, 0.4) is 0 Å². The molecule has 0 radical (unpaired) electrons. The summed E-state index contributed by atoms with van der Waals surface area (Å²) in [6.07, 6.45) is 3.71. The summed E-state index contributed by atoms with van der Waals surface area (Å²) in [6, 6.07) is 7.38. The van der Waals surface area contributed by atoms with E-state index in [2.05, 4.69) is 42.4 Å². The van der Waals surface area contributed by atoms with Crippen LogP contribution in [0, 0.1) is 5.92 Å². The summed E-state index contributed by atoms with van der Waals surface area (Å²) in [4.78, 5) is 2.53. The molecule has 2 atom stereocenters. The highest BCUT2D eigenvalue weighted by Gasteiger charge is 2.30. The number of rotatable bonds is 4. The fraction of sp³-hybridized carbons (Fsp3) is 0.647. The number of hydrogen-bond acceptors (Lipinski definition) is 3. The molecule has 1 aromatic carbocycles. The van der Waals surface area contributed by atoms with Crippen LogP contribution in [-0.2, 0) is 6.42 Å². The Morgan fingerprint density at radius 2 is 2.30 bits per heavy atom. The molecule has 3 heteroatoms. The van der Waals surface area contributed by atoms with E-state index in [9.17, 15) is 0 Å². The third kappa shape index (κ3) is 2.70. The van der Waals surface area contributed by atoms with E-state index in [0.717, 1.165) is 31.9 Å². The number of nitrogens with one attached hydrogen (secondary N) is 1. The summed E-state index contributed by atoms with van der Waals surface area (Å²) in [5, 5.41) is 3.54. The molecule has 20 heavy (non-hydrogen) atoms. The Kier molecular flexibility index (Phi) is 4.27. The first-order valence-electron chi connectivity index (χ1n) is 7.96. The molecule has 1 fully saturated rings. The van der Waals surface area contributed by atoms with Gasteiger partial charge in [-0.25, -0.2) is 0 Å². The molecule has 0 aliphatic carbocycles. The fourth-order valence-electron chi connectivity index (χ4n) is 3.72. The molecule has 2 aliphatic heterocycles. The summed E-state index contributed by atoms with van der Waals surface area (Å²) in [5.41, 5.74) is 2.86. The topological polar surface area (TPSA) is 24.5 Å². The fourth-order valence-corrected chi connectivity index (χ4v) is 3.72. The standard InChI is InChI=1S/C17H26N2O/c1-3-18-12-15-5-4-9-19(2)17(15)14-6-7-16-13(11-14)8-10-20-16/h6-7,11,15,17-18H,3-5,8-10,12H2,1-2H3. The molecular formula is C17H26N2O. The molecule has 1 aromatic rings. The summed E-state index contributed by atoms with van der Waals surface area (Å²) in [7, 11) is 2.27. The van der Waals surface area contributed by atoms with Crippen molar-refractivity contribution in [1.82, 2.24) is 10.2 Å². The van der Waals surface area contributed by atoms with Crippen molar-refractivity contribution in [3.8, 4) is 5.75 Å². The van der Waals surface area contributed by atoms with Gasteiger partial charge in [0.15, 0.2) is 0 Å². The minimum atomic E-state index is 0.550. The highest BCUT2D eigenvalue weighted by molar-refractivity contribution is 5.41. The van der Waals surface area contributed by atoms with E-state index < -0.39 is 0 Å². The lowest BCUT2D eigenvalue weighted by atomic mass is 9.84. The van der Waals surface area contributed by atoms with Gasteiger partial charge < -0.3 is 10.1 Å². The highest BCUT2D eigenvalue weighted by Crippen LogP contribution is 2.37. The van der Waals surface area contributed by atoms with Crippen LogP contribution in [0.1, 0.15) is 36.9 Å². The average Bonchev–Trinajstić information content (AvgIpc) is 2.92. The van der Waals surface area contributed by atoms with E-state index in [1.807, 2.05) is 0 Å². The van der Waals surface area contributed by atoms with Crippen molar-refractivity contribution < 1.29 is 4.74 Å². The van der Waals surface area contributed by atoms with Gasteiger partial charge in [-0.05, 0) is 62.6 Å². The number of fused-ring (bicyclic) bond motifs is 1. The Bertz CT molecular complexity index is 460. The van der Waals surface area contributed by atoms with E-state index in [1.54, 1.807) is 0 Å². The molecule has 110 valence electrons. The molecular weight excluding hydrogens is 248 g/mol. The highest BCUT2D eigenvalue weighted by atomic mass is 16.5. The predicted molar refractivity (Wildman–Crippen MR) is 82.3 cm³/mol. The van der Waals surface area contributed by atoms with Crippen molar-refractivity contribution in [3.63, 3.8) is 0 Å². The second-order valence-corrected chi connectivity index (χ2v) is 6.10. The van der Waals surface area contributed by atoms with Crippen LogP contribution in [-0.4, -0.2) is 38.2 Å². The molecule has 1 saturated heterocycles. The van der Waals surface area contributed by atoms with Crippen molar-refractivity contribution in [1.29, 1.82) is 0 Å². The quantitative estimate of drug-likeness (QED) is 0.913. The number of nitrogens with zero attached hydrogens (tertiary/aromatic N) is 1. The van der Waals surface area contributed by atoms with Crippen LogP contribution in [0.2, 0.25) is 0 Å². The van der Waals surface area contributed by atoms with Crippen LogP contribution in [0.4, 0.5) is 0 Å². The minimum absolute atomic E-state index is 0.550. The summed E-state index contributed by atoms with van der Waals surface area (Å²) >= 11 is 0. The monoisotopic (exact) mass is 274 g/mol. The second kappa shape index (κ2) is 6.15. The Morgan fingerprint density at radius 1 is 1.40 bits per heavy atom. The van der Waals surface area contributed by atoms with Crippen LogP contribution in [0.5, 0.6) is 5.75 Å². The van der Waals surface area contributed by atoms with Gasteiger partial charge in [-0.1, -0.05) is 19.1 Å². The van der Waals surface area contributed by atoms with E-state index in [4.69, 9.17) is 4.74 Å². The predicted octanol–water partition coefficient (Wildman–Crippen LogP) is 2.61. The molecule has 0 amide bonds. The van der Waals surface area contributed by atoms with E-state index in [0.29, 0.717) is 12.0 Å². The largest absolute Gasteiger partial charge is 0.493 e. The van der Waals surface area contributed by atoms with Gasteiger partial charge in [-0.2, -0.15) is 0 Å². The van der Waals surface area contributed by atoms with Crippen molar-refractivity contribution in [2.24, 2.45) is 5.92 Å². The smallest absolute Gasteiger partial charge is 0.122 e. The molecule has 3 nitrogen and oxygen atoms in total. The maximum absolute atomic E-state index is 5.63. The zero-order valence-corrected chi connectivity index (χ0v) is 12.7. The third-order valence-electron chi connectivity index (χ3n) is 4.72. The van der Waals surface area contributed by atoms with Gasteiger partial charge in [0.05, 0.1) is 6.61 Å². The van der Waals surface area contributed by atoms with Crippen LogP contribution >= 0.6 is 0 Å². The first-order chi connectivity index (χ1) is 9.79. The Balaban J connectivity index is 1.83. The molecule has 2 aliphatic rings. The van der Waals surface area contributed by atoms with Crippen LogP contribution in [0.15, 0.2) is 18.2 Å². The first-order valence-corrected chi connectivity index (χ1v) is 7.96. The zero-order valence-electron chi connectivity index (χ0n) is 12.7. The van der Waals surface area contributed by atoms with Crippen molar-refractivity contribution in [2.45, 2.75) is 32.2 Å². The van der Waals surface area contributed by atoms with Gasteiger partial charge in [0.2, 0.25) is 0 Å². The molecule has 1 N–H and O–H groups in total. The first kappa shape index (κ1) is 13.9. The molecule has 0 bridgehead atoms. The maximum Gasteiger partial charge on any atom is 0.122 e. The van der Waals surface area contributed by atoms with Gasteiger partial charge in [-0.3, -0.25) is 4.90 Å². The SMILES string of the molecule is CCNCC1CCCN(C)C1c1ccc2c(c1)CCO2. The molecule has 0 aromatic heterocycles. The summed E-state index contributed by atoms with van der Waals surface area (Å²) < 4.78 is 5.63. The normalized spacial score (nSPS) is 26.3. The molecule has 2 unspecified atom stereocenters. The number of benzene rings is 1. The Morgan fingerprint density at radius 3 is 3.15 bits per heavy atom. The van der Waals surface area contributed by atoms with Gasteiger partial charge in [-0.15, -0.1) is 0 Å².